The molecule has 8 heteroatoms. The summed E-state index contributed by atoms with van der Waals surface area (Å²) in [5.41, 5.74) is 1.68. The van der Waals surface area contributed by atoms with Crippen molar-refractivity contribution >= 4 is 23.0 Å². The molecule has 0 amide bonds. The Labute approximate surface area is 102 Å². The van der Waals surface area contributed by atoms with Gasteiger partial charge < -0.3 is 21.3 Å². The van der Waals surface area contributed by atoms with Gasteiger partial charge in [0.2, 0.25) is 0 Å². The number of rotatable bonds is 0. The number of nitrogens with zero attached hydrogens (tertiary/aromatic N) is 4. The van der Waals surface area contributed by atoms with Gasteiger partial charge in [0.05, 0.1) is 12.4 Å². The van der Waals surface area contributed by atoms with Crippen LogP contribution in [0.15, 0.2) is 36.7 Å². The van der Waals surface area contributed by atoms with Gasteiger partial charge >= 0.3 is 0 Å². The normalized spacial score (nSPS) is 19.1. The third-order valence-electron chi connectivity index (χ3n) is 2.68. The first-order chi connectivity index (χ1) is 8.90. The van der Waals surface area contributed by atoms with Crippen molar-refractivity contribution < 1.29 is 0 Å². The van der Waals surface area contributed by atoms with E-state index in [1.54, 1.807) is 12.4 Å². The largest absolute Gasteiger partial charge is 0.334 e. The van der Waals surface area contributed by atoms with E-state index in [4.69, 9.17) is 0 Å². The van der Waals surface area contributed by atoms with Crippen LogP contribution >= 0.6 is 0 Å². The molecule has 0 radical (unpaired) electrons. The fourth-order valence-electron chi connectivity index (χ4n) is 1.86. The molecule has 0 atom stereocenters. The quantitative estimate of drug-likeness (QED) is 0.536. The summed E-state index contributed by atoms with van der Waals surface area (Å²) in [5, 5.41) is 12.7. The summed E-state index contributed by atoms with van der Waals surface area (Å²) in [6.45, 7) is 0. The Morgan fingerprint density at radius 2 is 1.17 bits per heavy atom. The van der Waals surface area contributed by atoms with Crippen molar-refractivity contribution in [1.29, 1.82) is 0 Å². The number of nitrogens with one attached hydrogen (secondary N) is 4. The minimum atomic E-state index is 0.748. The fraction of sp³-hybridized carbons (Fsp3) is 0. The molecule has 2 aliphatic rings. The maximum Gasteiger partial charge on any atom is 0.158 e. The molecule has 0 spiro atoms. The van der Waals surface area contributed by atoms with Crippen LogP contribution < -0.4 is 21.3 Å². The van der Waals surface area contributed by atoms with Gasteiger partial charge in [0.25, 0.3) is 0 Å². The van der Waals surface area contributed by atoms with Crippen molar-refractivity contribution in [3.8, 4) is 0 Å². The number of hydrogen-bond acceptors (Lipinski definition) is 8. The second-order valence-electron chi connectivity index (χ2n) is 3.82. The number of fused-ring (bicyclic) bond motifs is 2. The molecule has 2 aromatic heterocycles. The van der Waals surface area contributed by atoms with E-state index < -0.39 is 0 Å². The third kappa shape index (κ3) is 1.25. The van der Waals surface area contributed by atoms with Crippen LogP contribution in [0.5, 0.6) is 0 Å². The van der Waals surface area contributed by atoms with Crippen molar-refractivity contribution in [2.75, 3.05) is 21.3 Å². The molecule has 2 aliphatic heterocycles. The van der Waals surface area contributed by atoms with Gasteiger partial charge in [0, 0.05) is 0 Å². The highest BCUT2D eigenvalue weighted by Crippen LogP contribution is 2.32. The van der Waals surface area contributed by atoms with Gasteiger partial charge in [-0.2, -0.15) is 0 Å². The summed E-state index contributed by atoms with van der Waals surface area (Å²) in [6.07, 6.45) is 6.42. The maximum absolute atomic E-state index is 4.13. The van der Waals surface area contributed by atoms with E-state index in [0.29, 0.717) is 0 Å². The van der Waals surface area contributed by atoms with Crippen LogP contribution in [-0.4, -0.2) is 19.9 Å². The highest BCUT2D eigenvalue weighted by Gasteiger charge is 2.24. The zero-order chi connectivity index (χ0) is 11.9. The highest BCUT2D eigenvalue weighted by molar-refractivity contribution is 5.81. The van der Waals surface area contributed by atoms with Crippen molar-refractivity contribution in [3.05, 3.63) is 36.7 Å². The van der Waals surface area contributed by atoms with Crippen LogP contribution in [0.4, 0.5) is 23.0 Å². The minimum Gasteiger partial charge on any atom is -0.334 e. The SMILES string of the molecule is c1ncc2c(n1)N/C(=C1\Nc3cncnc3N1)N2. The van der Waals surface area contributed by atoms with Gasteiger partial charge in [0.1, 0.15) is 24.0 Å². The molecule has 0 aromatic carbocycles. The lowest BCUT2D eigenvalue weighted by atomic mass is 10.5. The predicted molar refractivity (Wildman–Crippen MR) is 65.6 cm³/mol. The Balaban J connectivity index is 1.70. The van der Waals surface area contributed by atoms with Gasteiger partial charge in [-0.15, -0.1) is 0 Å². The Morgan fingerprint density at radius 3 is 1.61 bits per heavy atom. The smallest absolute Gasteiger partial charge is 0.158 e. The van der Waals surface area contributed by atoms with E-state index in [2.05, 4.69) is 41.2 Å². The van der Waals surface area contributed by atoms with E-state index in [9.17, 15) is 0 Å². The van der Waals surface area contributed by atoms with E-state index in [1.165, 1.54) is 12.7 Å². The third-order valence-corrected chi connectivity index (χ3v) is 2.68. The van der Waals surface area contributed by atoms with Gasteiger partial charge in [-0.1, -0.05) is 0 Å². The molecule has 8 nitrogen and oxygen atoms in total. The standard InChI is InChI=1S/C10H8N8/c1-5-7(13-3-11-1)17-9(15-5)10-16-6-2-12-4-14-8(6)18-10/h1-4,15-16H,(H,11,13,17)(H,12,14,18)/b10-9+. The first kappa shape index (κ1) is 9.16. The molecule has 4 N–H and O–H groups in total. The molecule has 0 fully saturated rings. The van der Waals surface area contributed by atoms with Crippen LogP contribution in [0.3, 0.4) is 0 Å². The van der Waals surface area contributed by atoms with Crippen LogP contribution in [0.25, 0.3) is 0 Å². The summed E-state index contributed by atoms with van der Waals surface area (Å²) < 4.78 is 0. The second kappa shape index (κ2) is 3.29. The van der Waals surface area contributed by atoms with E-state index in [0.717, 1.165) is 34.7 Å². The molecule has 0 saturated heterocycles. The van der Waals surface area contributed by atoms with E-state index in [-0.39, 0.29) is 0 Å². The average molecular weight is 240 g/mol. The lowest BCUT2D eigenvalue weighted by molar-refractivity contribution is 1.18. The fourth-order valence-corrected chi connectivity index (χ4v) is 1.86. The van der Waals surface area contributed by atoms with Gasteiger partial charge in [0.15, 0.2) is 23.3 Å². The van der Waals surface area contributed by atoms with E-state index in [1.807, 2.05) is 0 Å². The van der Waals surface area contributed by atoms with Crippen LogP contribution in [0.1, 0.15) is 0 Å². The highest BCUT2D eigenvalue weighted by atomic mass is 15.3. The lowest BCUT2D eigenvalue weighted by Crippen LogP contribution is -2.12. The molecular formula is C10H8N8. The first-order valence-corrected chi connectivity index (χ1v) is 5.32. The van der Waals surface area contributed by atoms with Gasteiger partial charge in [-0.05, 0) is 0 Å². The minimum absolute atomic E-state index is 0.748. The maximum atomic E-state index is 4.13. The zero-order valence-corrected chi connectivity index (χ0v) is 9.10. The van der Waals surface area contributed by atoms with Crippen molar-refractivity contribution in [2.24, 2.45) is 0 Å². The summed E-state index contributed by atoms with van der Waals surface area (Å²) in [7, 11) is 0. The molecule has 18 heavy (non-hydrogen) atoms. The Morgan fingerprint density at radius 1 is 0.667 bits per heavy atom. The van der Waals surface area contributed by atoms with Crippen LogP contribution in [0.2, 0.25) is 0 Å². The molecule has 0 unspecified atom stereocenters. The molecule has 0 bridgehead atoms. The van der Waals surface area contributed by atoms with Crippen molar-refractivity contribution in [1.82, 2.24) is 19.9 Å². The van der Waals surface area contributed by atoms with Gasteiger partial charge in [-0.3, -0.25) is 0 Å². The Bertz CT molecular complexity index is 553. The number of aromatic nitrogens is 4. The molecular weight excluding hydrogens is 232 g/mol. The molecule has 4 heterocycles. The second-order valence-corrected chi connectivity index (χ2v) is 3.82. The predicted octanol–water partition coefficient (Wildman–Crippen LogP) is 0.768. The zero-order valence-electron chi connectivity index (χ0n) is 9.10. The molecule has 88 valence electrons. The first-order valence-electron chi connectivity index (χ1n) is 5.32. The number of hydrogen-bond donors (Lipinski definition) is 4. The van der Waals surface area contributed by atoms with Crippen LogP contribution in [-0.2, 0) is 0 Å². The Kier molecular flexibility index (Phi) is 1.68. The molecule has 2 aromatic rings. The topological polar surface area (TPSA) is 99.7 Å². The van der Waals surface area contributed by atoms with E-state index >= 15 is 0 Å². The van der Waals surface area contributed by atoms with Crippen LogP contribution in [0, 0.1) is 0 Å². The number of anilines is 4. The van der Waals surface area contributed by atoms with Gasteiger partial charge in [-0.25, -0.2) is 19.9 Å². The average Bonchev–Trinajstić information content (AvgIpc) is 3.02. The summed E-state index contributed by atoms with van der Waals surface area (Å²) >= 11 is 0. The summed E-state index contributed by atoms with van der Waals surface area (Å²) in [5.74, 6) is 3.06. The van der Waals surface area contributed by atoms with Crippen molar-refractivity contribution in [2.45, 2.75) is 0 Å². The Hall–Kier alpha value is -2.90. The van der Waals surface area contributed by atoms with Crippen molar-refractivity contribution in [3.63, 3.8) is 0 Å². The molecule has 4 rings (SSSR count). The lowest BCUT2D eigenvalue weighted by Gasteiger charge is -2.05. The summed E-state index contributed by atoms with van der Waals surface area (Å²) in [4.78, 5) is 16.2. The summed E-state index contributed by atoms with van der Waals surface area (Å²) in [6, 6.07) is 0. The monoisotopic (exact) mass is 240 g/mol. The molecule has 0 aliphatic carbocycles. The molecule has 0 saturated carbocycles.